The van der Waals surface area contributed by atoms with E-state index in [9.17, 15) is 4.79 Å². The number of methoxy groups -OCH3 is 1. The average Bonchev–Trinajstić information content (AvgIpc) is 2.45. The Morgan fingerprint density at radius 1 is 1.25 bits per heavy atom. The molecule has 0 amide bonds. The highest BCUT2D eigenvalue weighted by molar-refractivity contribution is 5.85. The number of nitrogens with zero attached hydrogens (tertiary/aromatic N) is 1. The fourth-order valence-electron chi connectivity index (χ4n) is 2.61. The first-order chi connectivity index (χ1) is 9.33. The minimum Gasteiger partial charge on any atom is -0.385 e. The lowest BCUT2D eigenvalue weighted by molar-refractivity contribution is 0.194. The van der Waals surface area contributed by atoms with Gasteiger partial charge in [0.1, 0.15) is 0 Å². The number of ether oxygens (including phenoxy) is 1. The third-order valence-electron chi connectivity index (χ3n) is 3.62. The molecule has 1 aliphatic rings. The highest BCUT2D eigenvalue weighted by Gasteiger charge is 2.17. The molecule has 1 aliphatic carbocycles. The summed E-state index contributed by atoms with van der Waals surface area (Å²) < 4.78 is 5.00. The molecule has 0 saturated carbocycles. The van der Waals surface area contributed by atoms with Crippen molar-refractivity contribution in [3.05, 3.63) is 27.2 Å². The van der Waals surface area contributed by atoms with Gasteiger partial charge in [0.15, 0.2) is 0 Å². The molecule has 0 unspecified atom stereocenters. The lowest BCUT2D eigenvalue weighted by Crippen LogP contribution is -2.25. The predicted molar refractivity (Wildman–Crippen MR) is 81.8 cm³/mol. The molecule has 1 heterocycles. The van der Waals surface area contributed by atoms with Crippen LogP contribution in [0, 0.1) is 0 Å². The molecule has 5 nitrogen and oxygen atoms in total. The molecule has 0 atom stereocenters. The van der Waals surface area contributed by atoms with Gasteiger partial charge in [-0.25, -0.2) is 5.10 Å². The first-order valence-electron chi connectivity index (χ1n) is 7.12. The molecule has 0 radical (unpaired) electrons. The Kier molecular flexibility index (Phi) is 7.80. The van der Waals surface area contributed by atoms with E-state index < -0.39 is 0 Å². The van der Waals surface area contributed by atoms with Gasteiger partial charge in [0.2, 0.25) is 0 Å². The van der Waals surface area contributed by atoms with Crippen LogP contribution in [0.1, 0.15) is 36.1 Å². The number of hydrogen-bond donors (Lipinski definition) is 2. The Balaban J connectivity index is 0.00000200. The molecule has 6 heteroatoms. The zero-order chi connectivity index (χ0) is 13.5. The summed E-state index contributed by atoms with van der Waals surface area (Å²) in [5.41, 5.74) is 3.24. The third kappa shape index (κ3) is 4.58. The molecule has 0 saturated heterocycles. The standard InChI is InChI=1S/C14H23N3O2.ClH/c1-19-10-4-8-15-9-7-13-11-5-2-3-6-12(11)14(18)17-16-13;/h15H,2-10H2,1H3,(H,17,18);1H. The second-order valence-electron chi connectivity index (χ2n) is 5.01. The van der Waals surface area contributed by atoms with Crippen molar-refractivity contribution in [2.75, 3.05) is 26.8 Å². The van der Waals surface area contributed by atoms with Gasteiger partial charge >= 0.3 is 0 Å². The lowest BCUT2D eigenvalue weighted by Gasteiger charge is -2.17. The summed E-state index contributed by atoms with van der Waals surface area (Å²) in [5.74, 6) is 0. The van der Waals surface area contributed by atoms with Crippen LogP contribution in [0.5, 0.6) is 0 Å². The molecular weight excluding hydrogens is 278 g/mol. The van der Waals surface area contributed by atoms with Crippen molar-refractivity contribution in [2.45, 2.75) is 38.5 Å². The van der Waals surface area contributed by atoms with E-state index in [-0.39, 0.29) is 18.0 Å². The number of hydrogen-bond acceptors (Lipinski definition) is 4. The van der Waals surface area contributed by atoms with Crippen LogP contribution in [-0.4, -0.2) is 37.0 Å². The predicted octanol–water partition coefficient (Wildman–Crippen LogP) is 1.24. The summed E-state index contributed by atoms with van der Waals surface area (Å²) in [4.78, 5) is 11.7. The van der Waals surface area contributed by atoms with Crippen molar-refractivity contribution in [1.29, 1.82) is 0 Å². The Bertz CT molecular complexity index is 462. The first kappa shape index (κ1) is 17.1. The van der Waals surface area contributed by atoms with Crippen LogP contribution in [0.15, 0.2) is 4.79 Å². The molecular formula is C14H24ClN3O2. The van der Waals surface area contributed by atoms with Gasteiger partial charge in [-0.1, -0.05) is 0 Å². The van der Waals surface area contributed by atoms with Gasteiger partial charge in [0, 0.05) is 32.2 Å². The van der Waals surface area contributed by atoms with Gasteiger partial charge in [-0.05, 0) is 44.2 Å². The monoisotopic (exact) mass is 301 g/mol. The number of H-pyrrole nitrogens is 1. The van der Waals surface area contributed by atoms with Crippen LogP contribution in [0.4, 0.5) is 0 Å². The molecule has 20 heavy (non-hydrogen) atoms. The van der Waals surface area contributed by atoms with Crippen LogP contribution < -0.4 is 10.9 Å². The topological polar surface area (TPSA) is 67.0 Å². The van der Waals surface area contributed by atoms with E-state index in [0.29, 0.717) is 0 Å². The zero-order valence-corrected chi connectivity index (χ0v) is 12.9. The highest BCUT2D eigenvalue weighted by Crippen LogP contribution is 2.20. The molecule has 0 fully saturated rings. The van der Waals surface area contributed by atoms with Gasteiger partial charge in [0.25, 0.3) is 5.56 Å². The molecule has 2 N–H and O–H groups in total. The summed E-state index contributed by atoms with van der Waals surface area (Å²) in [6.07, 6.45) is 6.10. The summed E-state index contributed by atoms with van der Waals surface area (Å²) in [5, 5.41) is 10.2. The molecule has 1 aromatic heterocycles. The maximum atomic E-state index is 11.7. The number of nitrogens with one attached hydrogen (secondary N) is 2. The maximum Gasteiger partial charge on any atom is 0.267 e. The maximum absolute atomic E-state index is 11.7. The van der Waals surface area contributed by atoms with E-state index in [1.807, 2.05) is 0 Å². The number of fused-ring (bicyclic) bond motifs is 1. The lowest BCUT2D eigenvalue weighted by atomic mass is 9.91. The first-order valence-corrected chi connectivity index (χ1v) is 7.12. The Morgan fingerprint density at radius 2 is 2.00 bits per heavy atom. The third-order valence-corrected chi connectivity index (χ3v) is 3.62. The SMILES string of the molecule is COCCCNCCc1n[nH]c(=O)c2c1CCCC2.Cl. The van der Waals surface area contributed by atoms with E-state index in [0.717, 1.165) is 63.1 Å². The molecule has 0 aromatic carbocycles. The molecule has 1 aromatic rings. The molecule has 2 rings (SSSR count). The second kappa shape index (κ2) is 9.10. The van der Waals surface area contributed by atoms with E-state index in [2.05, 4.69) is 15.5 Å². The fraction of sp³-hybridized carbons (Fsp3) is 0.714. The summed E-state index contributed by atoms with van der Waals surface area (Å²) >= 11 is 0. The largest absolute Gasteiger partial charge is 0.385 e. The number of aromatic nitrogens is 2. The normalized spacial score (nSPS) is 13.7. The minimum absolute atomic E-state index is 0. The molecule has 0 bridgehead atoms. The number of halogens is 1. The van der Waals surface area contributed by atoms with Crippen LogP contribution in [0.25, 0.3) is 0 Å². The highest BCUT2D eigenvalue weighted by atomic mass is 35.5. The number of aromatic amines is 1. The minimum atomic E-state index is 0. The van der Waals surface area contributed by atoms with Crippen molar-refractivity contribution in [3.63, 3.8) is 0 Å². The van der Waals surface area contributed by atoms with E-state index in [1.165, 1.54) is 12.0 Å². The summed E-state index contributed by atoms with van der Waals surface area (Å²) in [6, 6.07) is 0. The van der Waals surface area contributed by atoms with Crippen LogP contribution in [0.2, 0.25) is 0 Å². The van der Waals surface area contributed by atoms with Gasteiger partial charge < -0.3 is 10.1 Å². The summed E-state index contributed by atoms with van der Waals surface area (Å²) in [7, 11) is 1.72. The van der Waals surface area contributed by atoms with E-state index in [4.69, 9.17) is 4.74 Å². The Morgan fingerprint density at radius 3 is 2.75 bits per heavy atom. The molecule has 0 aliphatic heterocycles. The van der Waals surface area contributed by atoms with Gasteiger partial charge in [-0.3, -0.25) is 4.79 Å². The zero-order valence-electron chi connectivity index (χ0n) is 12.0. The van der Waals surface area contributed by atoms with Crippen LogP contribution in [-0.2, 0) is 24.0 Å². The fourth-order valence-corrected chi connectivity index (χ4v) is 2.61. The van der Waals surface area contributed by atoms with Crippen molar-refractivity contribution in [3.8, 4) is 0 Å². The van der Waals surface area contributed by atoms with E-state index >= 15 is 0 Å². The number of rotatable bonds is 7. The Labute approximate surface area is 125 Å². The van der Waals surface area contributed by atoms with Crippen molar-refractivity contribution < 1.29 is 4.74 Å². The molecule has 114 valence electrons. The van der Waals surface area contributed by atoms with E-state index in [1.54, 1.807) is 7.11 Å². The molecule has 0 spiro atoms. The van der Waals surface area contributed by atoms with Crippen molar-refractivity contribution >= 4 is 12.4 Å². The van der Waals surface area contributed by atoms with Crippen LogP contribution in [0.3, 0.4) is 0 Å². The van der Waals surface area contributed by atoms with Crippen molar-refractivity contribution in [2.24, 2.45) is 0 Å². The average molecular weight is 302 g/mol. The Hall–Kier alpha value is -0.910. The quantitative estimate of drug-likeness (QED) is 0.744. The second-order valence-corrected chi connectivity index (χ2v) is 5.01. The van der Waals surface area contributed by atoms with Gasteiger partial charge in [0.05, 0.1) is 5.69 Å². The van der Waals surface area contributed by atoms with Crippen molar-refractivity contribution in [1.82, 2.24) is 15.5 Å². The van der Waals surface area contributed by atoms with Gasteiger partial charge in [-0.15, -0.1) is 12.4 Å². The van der Waals surface area contributed by atoms with Crippen LogP contribution >= 0.6 is 12.4 Å². The smallest absolute Gasteiger partial charge is 0.267 e. The van der Waals surface area contributed by atoms with Gasteiger partial charge in [-0.2, -0.15) is 5.10 Å². The summed E-state index contributed by atoms with van der Waals surface area (Å²) in [6.45, 7) is 2.65.